The van der Waals surface area contributed by atoms with E-state index in [0.717, 1.165) is 24.2 Å². The maximum atomic E-state index is 12.5. The van der Waals surface area contributed by atoms with Crippen LogP contribution in [-0.4, -0.2) is 22.2 Å². The van der Waals surface area contributed by atoms with Crippen LogP contribution in [0.15, 0.2) is 28.8 Å². The summed E-state index contributed by atoms with van der Waals surface area (Å²) in [7, 11) is 0. The van der Waals surface area contributed by atoms with Gasteiger partial charge in [-0.2, -0.15) is 4.98 Å². The van der Waals surface area contributed by atoms with Gasteiger partial charge in [0.25, 0.3) is 0 Å². The molecule has 2 aromatic rings. The third-order valence-electron chi connectivity index (χ3n) is 5.22. The maximum absolute atomic E-state index is 12.5. The molecule has 1 aromatic carbocycles. The highest BCUT2D eigenvalue weighted by atomic mass is 16.5. The topological polar surface area (TPSA) is 77.2 Å². The highest BCUT2D eigenvalue weighted by molar-refractivity contribution is 5.77. The van der Waals surface area contributed by atoms with Gasteiger partial charge < -0.3 is 14.6 Å². The number of benzene rings is 1. The first-order chi connectivity index (χ1) is 13.6. The van der Waals surface area contributed by atoms with Crippen molar-refractivity contribution in [2.24, 2.45) is 0 Å². The second-order valence-electron chi connectivity index (χ2n) is 9.52. The molecule has 1 amide bonds. The Bertz CT molecular complexity index is 830. The minimum absolute atomic E-state index is 0.0424. The third-order valence-corrected chi connectivity index (χ3v) is 5.22. The number of aryl methyl sites for hydroxylation is 1. The number of nitrogens with zero attached hydrogens (tertiary/aromatic N) is 2. The van der Waals surface area contributed by atoms with Gasteiger partial charge in [0.15, 0.2) is 5.82 Å². The number of nitrogens with one attached hydrogen (secondary N) is 1. The predicted molar refractivity (Wildman–Crippen MR) is 112 cm³/mol. The summed E-state index contributed by atoms with van der Waals surface area (Å²) < 4.78 is 11.4. The average Bonchev–Trinajstić information content (AvgIpc) is 3.31. The number of carbonyl (C=O) groups excluding carboxylic acids is 1. The average molecular weight is 400 g/mol. The number of ether oxygens (including phenoxy) is 1. The van der Waals surface area contributed by atoms with Crippen LogP contribution in [0.1, 0.15) is 84.0 Å². The van der Waals surface area contributed by atoms with Crippen LogP contribution < -0.4 is 10.1 Å². The molecule has 6 heteroatoms. The smallest absolute Gasteiger partial charge is 0.232 e. The number of aromatic nitrogens is 2. The van der Waals surface area contributed by atoms with Gasteiger partial charge in [0, 0.05) is 11.8 Å². The number of rotatable bonds is 7. The molecule has 29 heavy (non-hydrogen) atoms. The van der Waals surface area contributed by atoms with Crippen molar-refractivity contribution in [2.75, 3.05) is 0 Å². The molecule has 1 aromatic heterocycles. The maximum Gasteiger partial charge on any atom is 0.232 e. The second kappa shape index (κ2) is 8.56. The molecule has 1 N–H and O–H groups in total. The highest BCUT2D eigenvalue weighted by Gasteiger charge is 2.31. The molecule has 0 spiro atoms. The summed E-state index contributed by atoms with van der Waals surface area (Å²) in [5, 5.41) is 7.09. The molecule has 1 fully saturated rings. The lowest BCUT2D eigenvalue weighted by Gasteiger charge is -2.22. The third kappa shape index (κ3) is 5.81. The van der Waals surface area contributed by atoms with Crippen LogP contribution in [0.3, 0.4) is 0 Å². The lowest BCUT2D eigenvalue weighted by Crippen LogP contribution is -2.42. The molecule has 0 unspecified atom stereocenters. The summed E-state index contributed by atoms with van der Waals surface area (Å²) in [4.78, 5) is 17.0. The highest BCUT2D eigenvalue weighted by Crippen LogP contribution is 2.26. The Balaban J connectivity index is 1.54. The predicted octanol–water partition coefficient (Wildman–Crippen LogP) is 4.67. The molecule has 1 aliphatic carbocycles. The first kappa shape index (κ1) is 21.3. The zero-order chi connectivity index (χ0) is 21.1. The molecule has 1 aliphatic rings. The van der Waals surface area contributed by atoms with Crippen molar-refractivity contribution in [2.45, 2.75) is 90.2 Å². The minimum atomic E-state index is -0.697. The van der Waals surface area contributed by atoms with Crippen molar-refractivity contribution < 1.29 is 14.1 Å². The van der Waals surface area contributed by atoms with E-state index in [1.165, 1.54) is 12.8 Å². The fourth-order valence-electron chi connectivity index (χ4n) is 3.48. The fraction of sp³-hybridized carbons (Fsp3) is 0.609. The van der Waals surface area contributed by atoms with E-state index in [0.29, 0.717) is 30.7 Å². The molecule has 158 valence electrons. The Morgan fingerprint density at radius 3 is 2.59 bits per heavy atom. The summed E-state index contributed by atoms with van der Waals surface area (Å²) in [6.07, 6.45) is 6.14. The zero-order valence-electron chi connectivity index (χ0n) is 18.2. The summed E-state index contributed by atoms with van der Waals surface area (Å²) in [5.74, 6) is 1.91. The van der Waals surface area contributed by atoms with Gasteiger partial charge in [0.05, 0.1) is 11.6 Å². The molecular formula is C23H33N3O3. The first-order valence-corrected chi connectivity index (χ1v) is 10.5. The van der Waals surface area contributed by atoms with E-state index < -0.39 is 5.54 Å². The van der Waals surface area contributed by atoms with Gasteiger partial charge in [-0.15, -0.1) is 0 Å². The zero-order valence-corrected chi connectivity index (χ0v) is 18.2. The lowest BCUT2D eigenvalue weighted by molar-refractivity contribution is -0.122. The Kier molecular flexibility index (Phi) is 6.30. The minimum Gasteiger partial charge on any atom is -0.490 e. The van der Waals surface area contributed by atoms with Crippen LogP contribution in [0.2, 0.25) is 0 Å². The van der Waals surface area contributed by atoms with E-state index in [4.69, 9.17) is 9.26 Å². The number of hydrogen-bond donors (Lipinski definition) is 1. The molecule has 6 nitrogen and oxygen atoms in total. The van der Waals surface area contributed by atoms with E-state index in [1.54, 1.807) is 0 Å². The first-order valence-electron chi connectivity index (χ1n) is 10.5. The van der Waals surface area contributed by atoms with Gasteiger partial charge in [-0.05, 0) is 63.6 Å². The van der Waals surface area contributed by atoms with E-state index in [-0.39, 0.29) is 11.3 Å². The molecule has 0 aliphatic heterocycles. The van der Waals surface area contributed by atoms with Crippen LogP contribution >= 0.6 is 0 Å². The molecule has 0 atom stereocenters. The monoisotopic (exact) mass is 399 g/mol. The van der Waals surface area contributed by atoms with Crippen molar-refractivity contribution in [1.29, 1.82) is 0 Å². The van der Waals surface area contributed by atoms with Gasteiger partial charge in [-0.3, -0.25) is 4.79 Å². The Labute approximate surface area is 173 Å². The van der Waals surface area contributed by atoms with Gasteiger partial charge in [0.2, 0.25) is 11.8 Å². The molecule has 1 saturated carbocycles. The van der Waals surface area contributed by atoms with E-state index in [2.05, 4.69) is 15.5 Å². The number of hydrogen-bond acceptors (Lipinski definition) is 5. The molecule has 0 radical (unpaired) electrons. The van der Waals surface area contributed by atoms with Crippen LogP contribution in [0.25, 0.3) is 0 Å². The van der Waals surface area contributed by atoms with Crippen molar-refractivity contribution in [1.82, 2.24) is 15.5 Å². The van der Waals surface area contributed by atoms with E-state index in [1.807, 2.05) is 58.9 Å². The van der Waals surface area contributed by atoms with E-state index >= 15 is 0 Å². The quantitative estimate of drug-likeness (QED) is 0.732. The fourth-order valence-corrected chi connectivity index (χ4v) is 3.48. The van der Waals surface area contributed by atoms with Crippen molar-refractivity contribution in [3.63, 3.8) is 0 Å². The Morgan fingerprint density at radius 2 is 1.93 bits per heavy atom. The number of carbonyl (C=O) groups is 1. The molecule has 0 saturated heterocycles. The summed E-state index contributed by atoms with van der Waals surface area (Å²) >= 11 is 0. The largest absolute Gasteiger partial charge is 0.490 e. The van der Waals surface area contributed by atoms with Gasteiger partial charge in [-0.1, -0.05) is 38.1 Å². The Hall–Kier alpha value is -2.37. The molecule has 3 rings (SSSR count). The Morgan fingerprint density at radius 1 is 1.21 bits per heavy atom. The van der Waals surface area contributed by atoms with Crippen molar-refractivity contribution in [3.8, 4) is 5.75 Å². The van der Waals surface area contributed by atoms with Crippen LogP contribution in [-0.2, 0) is 22.2 Å². The summed E-state index contributed by atoms with van der Waals surface area (Å²) in [6, 6.07) is 8.07. The SMILES string of the molecule is CC(C)(C)c1nc(C(C)(C)NC(=O)CCc2cccc(OC3CCCC3)c2)no1. The van der Waals surface area contributed by atoms with Gasteiger partial charge >= 0.3 is 0 Å². The molecule has 0 bridgehead atoms. The van der Waals surface area contributed by atoms with Gasteiger partial charge in [0.1, 0.15) is 5.75 Å². The normalized spacial score (nSPS) is 15.5. The molecule has 1 heterocycles. The van der Waals surface area contributed by atoms with Gasteiger partial charge in [-0.25, -0.2) is 0 Å². The van der Waals surface area contributed by atoms with Crippen molar-refractivity contribution in [3.05, 3.63) is 41.5 Å². The molecular weight excluding hydrogens is 366 g/mol. The second-order valence-corrected chi connectivity index (χ2v) is 9.52. The standard InChI is InChI=1S/C23H33N3O3/c1-22(2,3)21-24-20(26-29-21)23(4,5)25-19(27)14-13-16-9-8-12-18(15-16)28-17-10-6-7-11-17/h8-9,12,15,17H,6-7,10-11,13-14H2,1-5H3,(H,25,27). The van der Waals surface area contributed by atoms with E-state index in [9.17, 15) is 4.79 Å². The van der Waals surface area contributed by atoms with Crippen LogP contribution in [0.4, 0.5) is 0 Å². The van der Waals surface area contributed by atoms with Crippen molar-refractivity contribution >= 4 is 5.91 Å². The van der Waals surface area contributed by atoms with Crippen LogP contribution in [0, 0.1) is 0 Å². The summed E-state index contributed by atoms with van der Waals surface area (Å²) in [6.45, 7) is 9.82. The lowest BCUT2D eigenvalue weighted by atomic mass is 9.97. The van der Waals surface area contributed by atoms with Crippen LogP contribution in [0.5, 0.6) is 5.75 Å². The summed E-state index contributed by atoms with van der Waals surface area (Å²) in [5.41, 5.74) is 0.178. The number of amides is 1.